The van der Waals surface area contributed by atoms with Crippen LogP contribution in [-0.2, 0) is 10.0 Å². The van der Waals surface area contributed by atoms with Gasteiger partial charge in [-0.05, 0) is 41.2 Å². The molecule has 0 bridgehead atoms. The molecule has 1 fully saturated rings. The lowest BCUT2D eigenvalue weighted by Crippen LogP contribution is -2.55. The van der Waals surface area contributed by atoms with Crippen molar-refractivity contribution in [2.75, 3.05) is 13.1 Å². The van der Waals surface area contributed by atoms with E-state index in [0.717, 1.165) is 0 Å². The number of hydrogen-bond donors (Lipinski definition) is 1. The van der Waals surface area contributed by atoms with E-state index in [1.165, 1.54) is 11.3 Å². The molecule has 2 rings (SSSR count). The van der Waals surface area contributed by atoms with E-state index in [9.17, 15) is 8.42 Å². The number of nitrogens with one attached hydrogen (secondary N) is 1. The summed E-state index contributed by atoms with van der Waals surface area (Å²) in [6.07, 6.45) is 0. The molecule has 96 valence electrons. The summed E-state index contributed by atoms with van der Waals surface area (Å²) in [5, 5.41) is 5.11. The van der Waals surface area contributed by atoms with Crippen molar-refractivity contribution in [2.45, 2.75) is 30.1 Å². The smallest absolute Gasteiger partial charge is 0.253 e. The molecule has 1 aromatic heterocycles. The Balaban J connectivity index is 2.30. The minimum absolute atomic E-state index is 0.187. The first-order valence-electron chi connectivity index (χ1n) is 5.40. The van der Waals surface area contributed by atoms with Crippen LogP contribution in [0, 0.1) is 0 Å². The normalized spacial score (nSPS) is 27.2. The Kier molecular flexibility index (Phi) is 3.94. The summed E-state index contributed by atoms with van der Waals surface area (Å²) in [6, 6.07) is 2.15. The van der Waals surface area contributed by atoms with Gasteiger partial charge < -0.3 is 5.32 Å². The molecule has 1 aliphatic heterocycles. The molecule has 1 N–H and O–H groups in total. The number of halogens is 1. The van der Waals surface area contributed by atoms with Crippen molar-refractivity contribution in [3.05, 3.63) is 15.9 Å². The van der Waals surface area contributed by atoms with Crippen molar-refractivity contribution in [1.82, 2.24) is 9.62 Å². The molecule has 17 heavy (non-hydrogen) atoms. The van der Waals surface area contributed by atoms with Crippen molar-refractivity contribution in [3.8, 4) is 0 Å². The highest BCUT2D eigenvalue weighted by Gasteiger charge is 2.33. The lowest BCUT2D eigenvalue weighted by atomic mass is 10.2. The van der Waals surface area contributed by atoms with E-state index in [1.807, 2.05) is 13.8 Å². The Hall–Kier alpha value is 0.0500. The van der Waals surface area contributed by atoms with Crippen LogP contribution in [0.15, 0.2) is 20.1 Å². The Labute approximate surface area is 114 Å². The molecule has 4 nitrogen and oxygen atoms in total. The standard InChI is InChI=1S/C10H15BrN2O2S2/c1-7-5-13(6-8(2)12-7)17(14,15)10-9(11)3-4-16-10/h3-4,7-8,12H,5-6H2,1-2H3/t7-,8-/m0/s1. The minimum atomic E-state index is -3.35. The van der Waals surface area contributed by atoms with Gasteiger partial charge in [0.05, 0.1) is 0 Å². The highest BCUT2D eigenvalue weighted by atomic mass is 79.9. The molecule has 0 radical (unpaired) electrons. The van der Waals surface area contributed by atoms with Gasteiger partial charge in [0.15, 0.2) is 0 Å². The van der Waals surface area contributed by atoms with Crippen LogP contribution in [-0.4, -0.2) is 37.9 Å². The van der Waals surface area contributed by atoms with Gasteiger partial charge in [-0.2, -0.15) is 4.31 Å². The second-order valence-electron chi connectivity index (χ2n) is 4.35. The summed E-state index contributed by atoms with van der Waals surface area (Å²) in [5.41, 5.74) is 0. The Morgan fingerprint density at radius 1 is 1.41 bits per heavy atom. The van der Waals surface area contributed by atoms with E-state index in [0.29, 0.717) is 21.8 Å². The summed E-state index contributed by atoms with van der Waals surface area (Å²) < 4.78 is 27.5. The van der Waals surface area contributed by atoms with Gasteiger partial charge in [0.2, 0.25) is 0 Å². The third kappa shape index (κ3) is 2.73. The average Bonchev–Trinajstić information content (AvgIpc) is 2.63. The summed E-state index contributed by atoms with van der Waals surface area (Å²) in [7, 11) is -3.35. The van der Waals surface area contributed by atoms with Gasteiger partial charge in [0.1, 0.15) is 4.21 Å². The molecule has 1 aliphatic rings. The van der Waals surface area contributed by atoms with E-state index in [-0.39, 0.29) is 12.1 Å². The molecule has 0 spiro atoms. The quantitative estimate of drug-likeness (QED) is 0.895. The fraction of sp³-hybridized carbons (Fsp3) is 0.600. The average molecular weight is 339 g/mol. The topological polar surface area (TPSA) is 49.4 Å². The van der Waals surface area contributed by atoms with Crippen molar-refractivity contribution >= 4 is 37.3 Å². The van der Waals surface area contributed by atoms with E-state index in [2.05, 4.69) is 21.2 Å². The SMILES string of the molecule is C[C@H]1CN(S(=O)(=O)c2sccc2Br)C[C@H](C)N1. The third-order valence-electron chi connectivity index (χ3n) is 2.68. The van der Waals surface area contributed by atoms with Gasteiger partial charge in [-0.3, -0.25) is 0 Å². The lowest BCUT2D eigenvalue weighted by molar-refractivity contribution is 0.263. The van der Waals surface area contributed by atoms with Gasteiger partial charge in [-0.1, -0.05) is 0 Å². The van der Waals surface area contributed by atoms with Gasteiger partial charge >= 0.3 is 0 Å². The molecule has 2 atom stereocenters. The van der Waals surface area contributed by atoms with Crippen LogP contribution in [0.25, 0.3) is 0 Å². The molecule has 2 heterocycles. The molecule has 1 saturated heterocycles. The van der Waals surface area contributed by atoms with Gasteiger partial charge in [-0.15, -0.1) is 11.3 Å². The number of sulfonamides is 1. The fourth-order valence-corrected chi connectivity index (χ4v) is 6.12. The second-order valence-corrected chi connectivity index (χ2v) is 8.25. The first-order valence-corrected chi connectivity index (χ1v) is 8.51. The molecule has 1 aromatic rings. The fourth-order valence-electron chi connectivity index (χ4n) is 2.05. The minimum Gasteiger partial charge on any atom is -0.309 e. The highest BCUT2D eigenvalue weighted by molar-refractivity contribution is 9.10. The number of piperazine rings is 1. The Morgan fingerprint density at radius 2 is 2.00 bits per heavy atom. The molecule has 0 amide bonds. The molecule has 0 saturated carbocycles. The first-order chi connectivity index (χ1) is 7.91. The second kappa shape index (κ2) is 4.97. The summed E-state index contributed by atoms with van der Waals surface area (Å²) >= 11 is 4.54. The van der Waals surface area contributed by atoms with Crippen LogP contribution in [0.1, 0.15) is 13.8 Å². The van der Waals surface area contributed by atoms with Crippen LogP contribution >= 0.6 is 27.3 Å². The van der Waals surface area contributed by atoms with Crippen molar-refractivity contribution in [1.29, 1.82) is 0 Å². The van der Waals surface area contributed by atoms with E-state index < -0.39 is 10.0 Å². The number of thiophene rings is 1. The summed E-state index contributed by atoms with van der Waals surface area (Å²) in [4.78, 5) is 0. The monoisotopic (exact) mass is 338 g/mol. The zero-order chi connectivity index (χ0) is 12.6. The molecular formula is C10H15BrN2O2S2. The van der Waals surface area contributed by atoms with E-state index in [4.69, 9.17) is 0 Å². The lowest BCUT2D eigenvalue weighted by Gasteiger charge is -2.34. The van der Waals surface area contributed by atoms with Gasteiger partial charge in [-0.25, -0.2) is 8.42 Å². The predicted molar refractivity (Wildman–Crippen MR) is 72.8 cm³/mol. The predicted octanol–water partition coefficient (Wildman–Crippen LogP) is 1.88. The van der Waals surface area contributed by atoms with Gasteiger partial charge in [0.25, 0.3) is 10.0 Å². The van der Waals surface area contributed by atoms with Crippen molar-refractivity contribution < 1.29 is 8.42 Å². The van der Waals surface area contributed by atoms with Crippen molar-refractivity contribution in [2.24, 2.45) is 0 Å². The maximum absolute atomic E-state index is 12.4. The molecule has 7 heteroatoms. The van der Waals surface area contributed by atoms with E-state index >= 15 is 0 Å². The van der Waals surface area contributed by atoms with Crippen molar-refractivity contribution in [3.63, 3.8) is 0 Å². The third-order valence-corrected chi connectivity index (χ3v) is 7.16. The Morgan fingerprint density at radius 3 is 2.47 bits per heavy atom. The highest BCUT2D eigenvalue weighted by Crippen LogP contribution is 2.30. The summed E-state index contributed by atoms with van der Waals surface area (Å²) in [5.74, 6) is 0. The van der Waals surface area contributed by atoms with Crippen LogP contribution in [0.2, 0.25) is 0 Å². The Bertz CT molecular complexity index is 490. The molecule has 0 aliphatic carbocycles. The van der Waals surface area contributed by atoms with E-state index in [1.54, 1.807) is 15.8 Å². The maximum Gasteiger partial charge on any atom is 0.253 e. The van der Waals surface area contributed by atoms with Crippen LogP contribution in [0.3, 0.4) is 0 Å². The van der Waals surface area contributed by atoms with Crippen LogP contribution < -0.4 is 5.32 Å². The van der Waals surface area contributed by atoms with Gasteiger partial charge in [0, 0.05) is 29.6 Å². The van der Waals surface area contributed by atoms with Crippen LogP contribution in [0.4, 0.5) is 0 Å². The molecule has 0 aromatic carbocycles. The first kappa shape index (κ1) is 13.5. The zero-order valence-corrected chi connectivity index (χ0v) is 12.9. The number of hydrogen-bond acceptors (Lipinski definition) is 4. The zero-order valence-electron chi connectivity index (χ0n) is 9.68. The molecule has 0 unspecified atom stereocenters. The van der Waals surface area contributed by atoms with Crippen LogP contribution in [0.5, 0.6) is 0 Å². The largest absolute Gasteiger partial charge is 0.309 e. The summed E-state index contributed by atoms with van der Waals surface area (Å²) in [6.45, 7) is 5.05. The number of rotatable bonds is 2. The number of nitrogens with zero attached hydrogens (tertiary/aromatic N) is 1. The maximum atomic E-state index is 12.4. The molecular weight excluding hydrogens is 324 g/mol.